The molecule has 40 heavy (non-hydrogen) atoms. The number of allylic oxidation sites excluding steroid dienone is 3. The van der Waals surface area contributed by atoms with Gasteiger partial charge in [0.05, 0.1) is 6.10 Å². The van der Waals surface area contributed by atoms with E-state index in [9.17, 15) is 15.0 Å². The van der Waals surface area contributed by atoms with E-state index in [-0.39, 0.29) is 23.5 Å². The highest BCUT2D eigenvalue weighted by molar-refractivity contribution is 5.87. The van der Waals surface area contributed by atoms with Crippen LogP contribution in [0.1, 0.15) is 97.0 Å². The van der Waals surface area contributed by atoms with E-state index in [4.69, 9.17) is 0 Å². The summed E-state index contributed by atoms with van der Waals surface area (Å²) in [5, 5.41) is 21.2. The van der Waals surface area contributed by atoms with E-state index >= 15 is 0 Å². The fraction of sp³-hybridized carbons (Fsp3) is 0.639. The Bertz CT molecular complexity index is 1130. The van der Waals surface area contributed by atoms with E-state index in [2.05, 4.69) is 56.8 Å². The van der Waals surface area contributed by atoms with Gasteiger partial charge >= 0.3 is 0 Å². The fourth-order valence-electron chi connectivity index (χ4n) is 8.96. The molecule has 0 bridgehead atoms. The minimum Gasteiger partial charge on any atom is -0.388 e. The van der Waals surface area contributed by atoms with Crippen LogP contribution < -0.4 is 0 Å². The predicted molar refractivity (Wildman–Crippen MR) is 163 cm³/mol. The average Bonchev–Trinajstić information content (AvgIpc) is 3.39. The number of likely N-dealkylation sites (tertiary alicyclic amines) is 1. The fourth-order valence-corrected chi connectivity index (χ4v) is 8.96. The van der Waals surface area contributed by atoms with E-state index < -0.39 is 5.60 Å². The smallest absolute Gasteiger partial charge is 0.254 e. The summed E-state index contributed by atoms with van der Waals surface area (Å²) in [4.78, 5) is 15.2. The average molecular weight is 546 g/mol. The van der Waals surface area contributed by atoms with Crippen LogP contribution in [-0.4, -0.2) is 45.3 Å². The number of fused-ring (bicyclic) bond motifs is 1. The molecule has 0 radical (unpaired) electrons. The van der Waals surface area contributed by atoms with E-state index in [0.29, 0.717) is 30.7 Å². The first-order valence-corrected chi connectivity index (χ1v) is 15.9. The second-order valence-electron chi connectivity index (χ2n) is 13.9. The maximum absolute atomic E-state index is 13.2. The first kappa shape index (κ1) is 29.3. The summed E-state index contributed by atoms with van der Waals surface area (Å²) in [5.74, 6) is 1.66. The Labute approximate surface area is 242 Å². The highest BCUT2D eigenvalue weighted by Crippen LogP contribution is 2.60. The molecule has 1 heterocycles. The van der Waals surface area contributed by atoms with Crippen molar-refractivity contribution in [3.8, 4) is 0 Å². The van der Waals surface area contributed by atoms with Gasteiger partial charge in [-0.1, -0.05) is 68.5 Å². The summed E-state index contributed by atoms with van der Waals surface area (Å²) in [6.45, 7) is 11.5. The van der Waals surface area contributed by atoms with Crippen molar-refractivity contribution in [2.45, 2.75) is 116 Å². The molecule has 4 heteroatoms. The van der Waals surface area contributed by atoms with Gasteiger partial charge < -0.3 is 15.1 Å². The van der Waals surface area contributed by atoms with E-state index in [1.165, 1.54) is 43.2 Å². The molecule has 5 rings (SSSR count). The Kier molecular flexibility index (Phi) is 8.78. The molecule has 1 amide bonds. The summed E-state index contributed by atoms with van der Waals surface area (Å²) in [7, 11) is 0. The number of carbonyl (C=O) groups is 1. The molecule has 4 nitrogen and oxygen atoms in total. The zero-order chi connectivity index (χ0) is 28.5. The quantitative estimate of drug-likeness (QED) is 0.364. The first-order valence-electron chi connectivity index (χ1n) is 15.9. The van der Waals surface area contributed by atoms with Crippen molar-refractivity contribution in [2.75, 3.05) is 6.54 Å². The summed E-state index contributed by atoms with van der Waals surface area (Å²) in [5.41, 5.74) is 4.07. The van der Waals surface area contributed by atoms with Crippen LogP contribution in [-0.2, 0) is 11.2 Å². The molecule has 1 aromatic rings. The van der Waals surface area contributed by atoms with Crippen LogP contribution in [0.5, 0.6) is 0 Å². The number of benzene rings is 1. The van der Waals surface area contributed by atoms with Crippen LogP contribution in [0, 0.1) is 23.2 Å². The zero-order valence-electron chi connectivity index (χ0n) is 25.1. The Morgan fingerprint density at radius 1 is 1.10 bits per heavy atom. The second-order valence-corrected chi connectivity index (χ2v) is 13.9. The molecule has 4 fully saturated rings. The van der Waals surface area contributed by atoms with E-state index in [0.717, 1.165) is 44.1 Å². The van der Waals surface area contributed by atoms with Gasteiger partial charge in [-0.15, -0.1) is 0 Å². The molecule has 1 saturated heterocycles. The number of aliphatic hydroxyl groups excluding tert-OH is 1. The SMILES string of the molecule is C=C1/C(=C\C=C2/CCC[C@]3(C)[C@@H]([C@H](C)CC4CC(C)(O)C(=O)N4CCCc4ccccc4)CC[C@@H]23)CCC[C@@H]1O. The van der Waals surface area contributed by atoms with Gasteiger partial charge in [0, 0.05) is 19.0 Å². The van der Waals surface area contributed by atoms with Crippen molar-refractivity contribution < 1.29 is 15.0 Å². The summed E-state index contributed by atoms with van der Waals surface area (Å²) < 4.78 is 0. The van der Waals surface area contributed by atoms with Crippen molar-refractivity contribution in [2.24, 2.45) is 23.2 Å². The Morgan fingerprint density at radius 3 is 2.65 bits per heavy atom. The summed E-state index contributed by atoms with van der Waals surface area (Å²) in [6.07, 6.45) is 16.7. The van der Waals surface area contributed by atoms with Crippen LogP contribution in [0.3, 0.4) is 0 Å². The van der Waals surface area contributed by atoms with Gasteiger partial charge in [-0.2, -0.15) is 0 Å². The standard InChI is InChI=1S/C36H51NO3/c1-25(23-30-24-36(4,40)34(39)37(30)22-10-13-27-11-6-5-7-12-27)31-19-20-32-29(15-9-21-35(31,32)3)18-17-28-14-8-16-33(38)26(28)2/h5-7,11-12,17-18,25,30-33,38,40H,2,8-10,13-16,19-24H2,1,3-4H3/b28-17-,29-18+/t25-,30?,31-,32+,33+,35-,36?/m1/s1. The third-order valence-electron chi connectivity index (χ3n) is 11.1. The Balaban J connectivity index is 1.25. The molecule has 4 aliphatic rings. The molecule has 0 aromatic heterocycles. The minimum absolute atomic E-state index is 0.0846. The lowest BCUT2D eigenvalue weighted by Gasteiger charge is -2.45. The molecular weight excluding hydrogens is 494 g/mol. The molecule has 2 N–H and O–H groups in total. The van der Waals surface area contributed by atoms with Crippen LogP contribution in [0.4, 0.5) is 0 Å². The molecule has 2 unspecified atom stereocenters. The normalized spacial score (nSPS) is 37.4. The highest BCUT2D eigenvalue weighted by atomic mass is 16.3. The van der Waals surface area contributed by atoms with Crippen LogP contribution in [0.15, 0.2) is 65.8 Å². The maximum atomic E-state index is 13.2. The Hall–Kier alpha value is -2.17. The number of aryl methyl sites for hydroxylation is 1. The van der Waals surface area contributed by atoms with Gasteiger partial charge in [0.2, 0.25) is 0 Å². The lowest BCUT2D eigenvalue weighted by molar-refractivity contribution is -0.142. The first-order chi connectivity index (χ1) is 19.1. The molecule has 218 valence electrons. The van der Waals surface area contributed by atoms with Gasteiger partial charge in [0.25, 0.3) is 5.91 Å². The van der Waals surface area contributed by atoms with Crippen LogP contribution in [0.25, 0.3) is 0 Å². The predicted octanol–water partition coefficient (Wildman–Crippen LogP) is 7.17. The monoisotopic (exact) mass is 545 g/mol. The topological polar surface area (TPSA) is 60.8 Å². The van der Waals surface area contributed by atoms with E-state index in [1.807, 2.05) is 11.0 Å². The van der Waals surface area contributed by atoms with Gasteiger partial charge in [-0.3, -0.25) is 4.79 Å². The summed E-state index contributed by atoms with van der Waals surface area (Å²) >= 11 is 0. The molecular formula is C36H51NO3. The molecule has 7 atom stereocenters. The largest absolute Gasteiger partial charge is 0.388 e. The van der Waals surface area contributed by atoms with Gasteiger partial charge in [-0.05, 0) is 117 Å². The van der Waals surface area contributed by atoms with Crippen LogP contribution >= 0.6 is 0 Å². The molecule has 0 spiro atoms. The van der Waals surface area contributed by atoms with E-state index in [1.54, 1.807) is 12.5 Å². The molecule has 3 aliphatic carbocycles. The molecule has 3 saturated carbocycles. The van der Waals surface area contributed by atoms with Crippen molar-refractivity contribution in [3.05, 3.63) is 71.3 Å². The van der Waals surface area contributed by atoms with Crippen molar-refractivity contribution >= 4 is 5.91 Å². The Morgan fingerprint density at radius 2 is 1.88 bits per heavy atom. The van der Waals surface area contributed by atoms with Crippen molar-refractivity contribution in [3.63, 3.8) is 0 Å². The second kappa shape index (κ2) is 12.0. The number of amides is 1. The molecule has 1 aliphatic heterocycles. The van der Waals surface area contributed by atoms with Gasteiger partial charge in [0.1, 0.15) is 5.60 Å². The third kappa shape index (κ3) is 5.90. The summed E-state index contributed by atoms with van der Waals surface area (Å²) in [6, 6.07) is 10.6. The number of hydrogen-bond acceptors (Lipinski definition) is 3. The van der Waals surface area contributed by atoms with Crippen LogP contribution in [0.2, 0.25) is 0 Å². The molecule has 1 aromatic carbocycles. The minimum atomic E-state index is -1.25. The van der Waals surface area contributed by atoms with Gasteiger partial charge in [0.15, 0.2) is 0 Å². The number of carbonyl (C=O) groups excluding carboxylic acids is 1. The number of nitrogens with zero attached hydrogens (tertiary/aromatic N) is 1. The lowest BCUT2D eigenvalue weighted by Crippen LogP contribution is -2.41. The van der Waals surface area contributed by atoms with Crippen molar-refractivity contribution in [1.29, 1.82) is 0 Å². The zero-order valence-corrected chi connectivity index (χ0v) is 25.1. The highest BCUT2D eigenvalue weighted by Gasteiger charge is 2.53. The third-order valence-corrected chi connectivity index (χ3v) is 11.1. The number of aliphatic hydroxyl groups is 2. The number of hydrogen-bond donors (Lipinski definition) is 2. The van der Waals surface area contributed by atoms with Gasteiger partial charge in [-0.25, -0.2) is 0 Å². The maximum Gasteiger partial charge on any atom is 0.254 e. The number of rotatable bonds is 8. The van der Waals surface area contributed by atoms with Crippen molar-refractivity contribution in [1.82, 2.24) is 4.90 Å². The lowest BCUT2D eigenvalue weighted by atomic mass is 9.60.